The van der Waals surface area contributed by atoms with E-state index < -0.39 is 0 Å². The lowest BCUT2D eigenvalue weighted by atomic mass is 9.89. The van der Waals surface area contributed by atoms with Gasteiger partial charge in [0.05, 0.1) is 25.0 Å². The Labute approximate surface area is 141 Å². The van der Waals surface area contributed by atoms with Crippen LogP contribution in [-0.2, 0) is 19.1 Å². The highest BCUT2D eigenvalue weighted by atomic mass is 16.5. The van der Waals surface area contributed by atoms with Crippen LogP contribution in [0, 0.1) is 11.8 Å². The maximum Gasteiger partial charge on any atom is 0.308 e. The van der Waals surface area contributed by atoms with Gasteiger partial charge in [0, 0.05) is 0 Å². The molecule has 4 nitrogen and oxygen atoms in total. The van der Waals surface area contributed by atoms with Crippen molar-refractivity contribution in [3.05, 3.63) is 0 Å². The molecule has 0 saturated heterocycles. The number of hydrogen-bond donors (Lipinski definition) is 0. The van der Waals surface area contributed by atoms with Gasteiger partial charge in [0.25, 0.3) is 0 Å². The highest BCUT2D eigenvalue weighted by Gasteiger charge is 2.22. The van der Waals surface area contributed by atoms with E-state index in [0.29, 0.717) is 13.2 Å². The summed E-state index contributed by atoms with van der Waals surface area (Å²) in [6.07, 6.45) is 12.5. The summed E-state index contributed by atoms with van der Waals surface area (Å²) in [5, 5.41) is 0. The number of ether oxygens (including phenoxy) is 2. The molecule has 0 unspecified atom stereocenters. The van der Waals surface area contributed by atoms with E-state index in [0.717, 1.165) is 32.1 Å². The number of carbonyl (C=O) groups excluding carboxylic acids is 2. The van der Waals surface area contributed by atoms with Gasteiger partial charge in [-0.3, -0.25) is 9.59 Å². The number of carbonyl (C=O) groups is 2. The summed E-state index contributed by atoms with van der Waals surface area (Å²) in [5.41, 5.74) is 0. The normalized spacial score (nSPS) is 19.4. The summed E-state index contributed by atoms with van der Waals surface area (Å²) in [6, 6.07) is 0. The van der Waals surface area contributed by atoms with Crippen LogP contribution >= 0.6 is 0 Å². The molecular formula is C19H34O4. The predicted molar refractivity (Wildman–Crippen MR) is 91.0 cm³/mol. The van der Waals surface area contributed by atoms with Crippen LogP contribution < -0.4 is 0 Å². The minimum Gasteiger partial charge on any atom is -0.466 e. The Kier molecular flexibility index (Phi) is 10.8. The van der Waals surface area contributed by atoms with E-state index in [1.54, 1.807) is 0 Å². The maximum absolute atomic E-state index is 11.3. The van der Waals surface area contributed by atoms with Crippen LogP contribution in [0.4, 0.5) is 0 Å². The Morgan fingerprint density at radius 2 is 1.17 bits per heavy atom. The quantitative estimate of drug-likeness (QED) is 0.690. The van der Waals surface area contributed by atoms with Gasteiger partial charge >= 0.3 is 11.9 Å². The van der Waals surface area contributed by atoms with Crippen LogP contribution in [0.5, 0.6) is 0 Å². The smallest absolute Gasteiger partial charge is 0.308 e. The van der Waals surface area contributed by atoms with Crippen molar-refractivity contribution in [1.29, 1.82) is 0 Å². The van der Waals surface area contributed by atoms with Crippen molar-refractivity contribution in [2.24, 2.45) is 11.8 Å². The number of esters is 2. The summed E-state index contributed by atoms with van der Waals surface area (Å²) in [4.78, 5) is 22.5. The second kappa shape index (κ2) is 12.4. The highest BCUT2D eigenvalue weighted by Crippen LogP contribution is 2.25. The molecule has 0 aromatic heterocycles. The lowest BCUT2D eigenvalue weighted by Crippen LogP contribution is -2.20. The summed E-state index contributed by atoms with van der Waals surface area (Å²) >= 11 is 0. The first-order valence-electron chi connectivity index (χ1n) is 9.52. The monoisotopic (exact) mass is 326 g/mol. The van der Waals surface area contributed by atoms with Crippen molar-refractivity contribution in [2.45, 2.75) is 84.5 Å². The van der Waals surface area contributed by atoms with Crippen molar-refractivity contribution >= 4 is 11.9 Å². The molecule has 0 N–H and O–H groups in total. The first-order valence-corrected chi connectivity index (χ1v) is 9.52. The van der Waals surface area contributed by atoms with Crippen LogP contribution in [0.2, 0.25) is 0 Å². The molecule has 0 radical (unpaired) electrons. The summed E-state index contributed by atoms with van der Waals surface area (Å²) in [5.74, 6) is 0.484. The topological polar surface area (TPSA) is 52.6 Å². The fourth-order valence-corrected chi connectivity index (χ4v) is 3.26. The molecule has 0 heterocycles. The average molecular weight is 326 g/mol. The van der Waals surface area contributed by atoms with E-state index in [1.807, 2.05) is 13.8 Å². The Balaban J connectivity index is 0.000000231. The van der Waals surface area contributed by atoms with E-state index in [9.17, 15) is 9.59 Å². The van der Waals surface area contributed by atoms with Gasteiger partial charge in [0.2, 0.25) is 0 Å². The Bertz CT molecular complexity index is 328. The fraction of sp³-hybridized carbons (Fsp3) is 0.895. The first kappa shape index (κ1) is 20.0. The van der Waals surface area contributed by atoms with Crippen molar-refractivity contribution in [3.8, 4) is 0 Å². The second-order valence-corrected chi connectivity index (χ2v) is 6.59. The Morgan fingerprint density at radius 1 is 0.739 bits per heavy atom. The molecule has 0 spiro atoms. The third-order valence-corrected chi connectivity index (χ3v) is 4.61. The zero-order chi connectivity index (χ0) is 16.9. The molecule has 2 aliphatic carbocycles. The van der Waals surface area contributed by atoms with Gasteiger partial charge in [-0.25, -0.2) is 0 Å². The Morgan fingerprint density at radius 3 is 1.57 bits per heavy atom. The molecule has 2 aliphatic rings. The minimum atomic E-state index is 0.0206. The number of rotatable bonds is 5. The predicted octanol–water partition coefficient (Wildman–Crippen LogP) is 4.65. The van der Waals surface area contributed by atoms with Crippen LogP contribution in [0.15, 0.2) is 0 Å². The zero-order valence-electron chi connectivity index (χ0n) is 15.0. The van der Waals surface area contributed by atoms with E-state index in [4.69, 9.17) is 9.47 Å². The van der Waals surface area contributed by atoms with Gasteiger partial charge in [0.15, 0.2) is 0 Å². The second-order valence-electron chi connectivity index (χ2n) is 6.59. The molecule has 0 bridgehead atoms. The molecular weight excluding hydrogens is 292 g/mol. The van der Waals surface area contributed by atoms with Crippen molar-refractivity contribution in [3.63, 3.8) is 0 Å². The van der Waals surface area contributed by atoms with E-state index >= 15 is 0 Å². The van der Waals surface area contributed by atoms with Gasteiger partial charge in [-0.2, -0.15) is 0 Å². The van der Waals surface area contributed by atoms with E-state index in [2.05, 4.69) is 0 Å². The molecule has 0 atom stereocenters. The summed E-state index contributed by atoms with van der Waals surface area (Å²) < 4.78 is 10.0. The molecule has 2 saturated carbocycles. The average Bonchev–Trinajstić information content (AvgIpc) is 2.62. The molecule has 134 valence electrons. The Hall–Kier alpha value is -1.06. The van der Waals surface area contributed by atoms with E-state index in [-0.39, 0.29) is 23.8 Å². The molecule has 0 aromatic rings. The van der Waals surface area contributed by atoms with Crippen LogP contribution in [-0.4, -0.2) is 25.2 Å². The van der Waals surface area contributed by atoms with Gasteiger partial charge < -0.3 is 9.47 Å². The van der Waals surface area contributed by atoms with Gasteiger partial charge in [0.1, 0.15) is 0 Å². The van der Waals surface area contributed by atoms with Crippen LogP contribution in [0.3, 0.4) is 0 Å². The third-order valence-electron chi connectivity index (χ3n) is 4.61. The minimum absolute atomic E-state index is 0.0206. The highest BCUT2D eigenvalue weighted by molar-refractivity contribution is 5.72. The lowest BCUT2D eigenvalue weighted by molar-refractivity contribution is -0.150. The molecule has 2 fully saturated rings. The van der Waals surface area contributed by atoms with Crippen LogP contribution in [0.1, 0.15) is 84.5 Å². The standard InChI is InChI=1S/C10H18O2.C9H16O2/c1-2-8-12-10(11)9-6-4-3-5-7-9;1-2-11-9(10)8-6-4-3-5-7-8/h9H,2-8H2,1H3;8H,2-7H2,1H3. The fourth-order valence-electron chi connectivity index (χ4n) is 3.26. The number of hydrogen-bond acceptors (Lipinski definition) is 4. The van der Waals surface area contributed by atoms with Gasteiger partial charge in [-0.05, 0) is 39.0 Å². The summed E-state index contributed by atoms with van der Waals surface area (Å²) in [6.45, 7) is 5.00. The SMILES string of the molecule is CCCOC(=O)C1CCCCC1.CCOC(=O)C1CCCCC1. The van der Waals surface area contributed by atoms with Crippen LogP contribution in [0.25, 0.3) is 0 Å². The molecule has 2 rings (SSSR count). The first-order chi connectivity index (χ1) is 11.2. The molecule has 0 aliphatic heterocycles. The molecule has 4 heteroatoms. The lowest BCUT2D eigenvalue weighted by Gasteiger charge is -2.19. The molecule has 0 amide bonds. The largest absolute Gasteiger partial charge is 0.466 e. The third kappa shape index (κ3) is 8.38. The summed E-state index contributed by atoms with van der Waals surface area (Å²) in [7, 11) is 0. The van der Waals surface area contributed by atoms with Gasteiger partial charge in [-0.15, -0.1) is 0 Å². The maximum atomic E-state index is 11.3. The van der Waals surface area contributed by atoms with E-state index in [1.165, 1.54) is 38.5 Å². The molecule has 23 heavy (non-hydrogen) atoms. The zero-order valence-corrected chi connectivity index (χ0v) is 15.0. The van der Waals surface area contributed by atoms with Crippen molar-refractivity contribution < 1.29 is 19.1 Å². The van der Waals surface area contributed by atoms with Crippen molar-refractivity contribution in [2.75, 3.05) is 13.2 Å². The van der Waals surface area contributed by atoms with Crippen molar-refractivity contribution in [1.82, 2.24) is 0 Å². The van der Waals surface area contributed by atoms with Gasteiger partial charge in [-0.1, -0.05) is 45.4 Å². The molecule has 0 aromatic carbocycles.